The molecule has 13 heavy (non-hydrogen) atoms. The van der Waals surface area contributed by atoms with Crippen LogP contribution in [-0.4, -0.2) is 19.0 Å². The fraction of sp³-hybridized carbons (Fsp3) is 0.900. The van der Waals surface area contributed by atoms with Gasteiger partial charge in [0.05, 0.1) is 0 Å². The van der Waals surface area contributed by atoms with Gasteiger partial charge < -0.3 is 11.1 Å². The summed E-state index contributed by atoms with van der Waals surface area (Å²) in [6, 6.07) is 0. The van der Waals surface area contributed by atoms with E-state index >= 15 is 0 Å². The molecule has 78 valence electrons. The number of amides is 1. The molecule has 0 radical (unpaired) electrons. The first-order chi connectivity index (χ1) is 6.11. The van der Waals surface area contributed by atoms with Crippen LogP contribution in [0.4, 0.5) is 0 Å². The summed E-state index contributed by atoms with van der Waals surface area (Å²) in [4.78, 5) is 11.1. The molecule has 3 N–H and O–H groups in total. The van der Waals surface area contributed by atoms with Crippen LogP contribution in [0.15, 0.2) is 0 Å². The highest BCUT2D eigenvalue weighted by atomic mass is 16.1. The van der Waals surface area contributed by atoms with Gasteiger partial charge in [-0.1, -0.05) is 13.8 Å². The minimum absolute atomic E-state index is 0.140. The quantitative estimate of drug-likeness (QED) is 0.653. The van der Waals surface area contributed by atoms with E-state index in [4.69, 9.17) is 5.73 Å². The van der Waals surface area contributed by atoms with E-state index < -0.39 is 0 Å². The molecule has 0 aromatic carbocycles. The molecule has 0 aliphatic carbocycles. The Morgan fingerprint density at radius 2 is 2.08 bits per heavy atom. The Morgan fingerprint density at radius 1 is 1.46 bits per heavy atom. The van der Waals surface area contributed by atoms with Gasteiger partial charge in [-0.2, -0.15) is 0 Å². The van der Waals surface area contributed by atoms with Crippen molar-refractivity contribution in [3.8, 4) is 0 Å². The Hall–Kier alpha value is -0.570. The second kappa shape index (κ2) is 6.89. The van der Waals surface area contributed by atoms with E-state index in [-0.39, 0.29) is 5.91 Å². The van der Waals surface area contributed by atoms with Crippen molar-refractivity contribution in [2.75, 3.05) is 13.1 Å². The Balaban J connectivity index is 3.65. The molecule has 0 aliphatic heterocycles. The number of rotatable bonds is 6. The Kier molecular flexibility index (Phi) is 6.59. The van der Waals surface area contributed by atoms with Crippen molar-refractivity contribution >= 4 is 5.91 Å². The summed E-state index contributed by atoms with van der Waals surface area (Å²) in [6.07, 6.45) is 1.51. The van der Waals surface area contributed by atoms with Crippen molar-refractivity contribution in [2.45, 2.75) is 33.6 Å². The summed E-state index contributed by atoms with van der Waals surface area (Å²) >= 11 is 0. The third-order valence-corrected chi connectivity index (χ3v) is 2.36. The van der Waals surface area contributed by atoms with Gasteiger partial charge in [0, 0.05) is 13.0 Å². The van der Waals surface area contributed by atoms with E-state index in [0.717, 1.165) is 6.42 Å². The SMILES string of the molecule is CCNC(=O)CCC(CN)C(C)C. The first kappa shape index (κ1) is 12.4. The zero-order valence-corrected chi connectivity index (χ0v) is 8.97. The number of carbonyl (C=O) groups is 1. The molecule has 1 amide bonds. The standard InChI is InChI=1S/C10H22N2O/c1-4-12-10(13)6-5-9(7-11)8(2)3/h8-9H,4-7,11H2,1-3H3,(H,12,13). The number of hydrogen-bond acceptors (Lipinski definition) is 2. The highest BCUT2D eigenvalue weighted by molar-refractivity contribution is 5.75. The van der Waals surface area contributed by atoms with Crippen LogP contribution in [0.25, 0.3) is 0 Å². The Labute approximate surface area is 81.1 Å². The minimum atomic E-state index is 0.140. The summed E-state index contributed by atoms with van der Waals surface area (Å²) in [5.41, 5.74) is 5.60. The lowest BCUT2D eigenvalue weighted by Crippen LogP contribution is -2.26. The molecule has 1 atom stereocenters. The van der Waals surface area contributed by atoms with Crippen molar-refractivity contribution in [1.29, 1.82) is 0 Å². The zero-order chi connectivity index (χ0) is 10.3. The van der Waals surface area contributed by atoms with E-state index in [1.54, 1.807) is 0 Å². The maximum atomic E-state index is 11.1. The molecule has 0 rings (SSSR count). The highest BCUT2D eigenvalue weighted by Gasteiger charge is 2.12. The lowest BCUT2D eigenvalue weighted by atomic mass is 9.91. The van der Waals surface area contributed by atoms with Crippen LogP contribution in [0.3, 0.4) is 0 Å². The van der Waals surface area contributed by atoms with Gasteiger partial charge in [-0.15, -0.1) is 0 Å². The Bertz CT molecular complexity index is 146. The molecule has 3 heteroatoms. The molecule has 0 bridgehead atoms. The molecule has 0 spiro atoms. The number of hydrogen-bond donors (Lipinski definition) is 2. The molecule has 0 saturated carbocycles. The predicted molar refractivity (Wildman–Crippen MR) is 55.3 cm³/mol. The first-order valence-corrected chi connectivity index (χ1v) is 5.08. The highest BCUT2D eigenvalue weighted by Crippen LogP contribution is 2.15. The van der Waals surface area contributed by atoms with Gasteiger partial charge in [0.25, 0.3) is 0 Å². The fourth-order valence-corrected chi connectivity index (χ4v) is 1.33. The smallest absolute Gasteiger partial charge is 0.219 e. The van der Waals surface area contributed by atoms with Crippen molar-refractivity contribution in [3.05, 3.63) is 0 Å². The summed E-state index contributed by atoms with van der Waals surface area (Å²) < 4.78 is 0. The van der Waals surface area contributed by atoms with Crippen LogP contribution in [0.1, 0.15) is 33.6 Å². The lowest BCUT2D eigenvalue weighted by molar-refractivity contribution is -0.121. The van der Waals surface area contributed by atoms with Gasteiger partial charge in [-0.05, 0) is 31.7 Å². The van der Waals surface area contributed by atoms with E-state index in [1.165, 1.54) is 0 Å². The van der Waals surface area contributed by atoms with Crippen molar-refractivity contribution in [3.63, 3.8) is 0 Å². The number of carbonyl (C=O) groups excluding carboxylic acids is 1. The molecule has 3 nitrogen and oxygen atoms in total. The summed E-state index contributed by atoms with van der Waals surface area (Å²) in [6.45, 7) is 7.62. The van der Waals surface area contributed by atoms with Crippen molar-refractivity contribution < 1.29 is 4.79 Å². The zero-order valence-electron chi connectivity index (χ0n) is 8.97. The summed E-state index contributed by atoms with van der Waals surface area (Å²) in [7, 11) is 0. The van der Waals surface area contributed by atoms with Gasteiger partial charge in [0.1, 0.15) is 0 Å². The minimum Gasteiger partial charge on any atom is -0.356 e. The first-order valence-electron chi connectivity index (χ1n) is 5.08. The van der Waals surface area contributed by atoms with Crippen LogP contribution >= 0.6 is 0 Å². The molecule has 1 unspecified atom stereocenters. The summed E-state index contributed by atoms with van der Waals surface area (Å²) in [5, 5.41) is 2.78. The maximum absolute atomic E-state index is 11.1. The largest absolute Gasteiger partial charge is 0.356 e. The second-order valence-electron chi connectivity index (χ2n) is 3.73. The van der Waals surface area contributed by atoms with Crippen LogP contribution in [0.5, 0.6) is 0 Å². The van der Waals surface area contributed by atoms with Crippen LogP contribution in [-0.2, 0) is 4.79 Å². The van der Waals surface area contributed by atoms with Gasteiger partial charge in [-0.3, -0.25) is 4.79 Å². The fourth-order valence-electron chi connectivity index (χ4n) is 1.33. The van der Waals surface area contributed by atoms with Crippen LogP contribution in [0, 0.1) is 11.8 Å². The second-order valence-corrected chi connectivity index (χ2v) is 3.73. The van der Waals surface area contributed by atoms with Crippen molar-refractivity contribution in [1.82, 2.24) is 5.32 Å². The normalized spacial score (nSPS) is 13.0. The lowest BCUT2D eigenvalue weighted by Gasteiger charge is -2.17. The maximum Gasteiger partial charge on any atom is 0.219 e. The van der Waals surface area contributed by atoms with E-state index in [9.17, 15) is 4.79 Å². The topological polar surface area (TPSA) is 55.1 Å². The van der Waals surface area contributed by atoms with Crippen LogP contribution in [0.2, 0.25) is 0 Å². The average Bonchev–Trinajstić information content (AvgIpc) is 2.05. The average molecular weight is 186 g/mol. The monoisotopic (exact) mass is 186 g/mol. The van der Waals surface area contributed by atoms with Gasteiger partial charge in [0.15, 0.2) is 0 Å². The predicted octanol–water partition coefficient (Wildman–Crippen LogP) is 1.13. The van der Waals surface area contributed by atoms with Crippen molar-refractivity contribution in [2.24, 2.45) is 17.6 Å². The molecule has 0 saturated heterocycles. The Morgan fingerprint density at radius 3 is 2.46 bits per heavy atom. The van der Waals surface area contributed by atoms with E-state index in [1.807, 2.05) is 6.92 Å². The molecule has 0 fully saturated rings. The third kappa shape index (κ3) is 5.64. The molecule has 0 aromatic rings. The molecule has 0 aliphatic rings. The molecular formula is C10H22N2O. The molecular weight excluding hydrogens is 164 g/mol. The van der Waals surface area contributed by atoms with Crippen LogP contribution < -0.4 is 11.1 Å². The number of nitrogens with one attached hydrogen (secondary N) is 1. The van der Waals surface area contributed by atoms with E-state index in [0.29, 0.717) is 31.3 Å². The van der Waals surface area contributed by atoms with Gasteiger partial charge in [0.2, 0.25) is 5.91 Å². The molecule has 0 aromatic heterocycles. The van der Waals surface area contributed by atoms with Gasteiger partial charge in [-0.25, -0.2) is 0 Å². The third-order valence-electron chi connectivity index (χ3n) is 2.36. The van der Waals surface area contributed by atoms with E-state index in [2.05, 4.69) is 19.2 Å². The number of nitrogens with two attached hydrogens (primary N) is 1. The van der Waals surface area contributed by atoms with Gasteiger partial charge >= 0.3 is 0 Å². The molecule has 0 heterocycles. The summed E-state index contributed by atoms with van der Waals surface area (Å²) in [5.74, 6) is 1.18.